The molecular formula is C27H24O6. The Labute approximate surface area is 191 Å². The first-order valence-corrected chi connectivity index (χ1v) is 10.9. The van der Waals surface area contributed by atoms with Crippen molar-refractivity contribution < 1.29 is 28.6 Å². The van der Waals surface area contributed by atoms with Gasteiger partial charge in [0.2, 0.25) is 0 Å². The highest BCUT2D eigenvalue weighted by molar-refractivity contribution is 6.32. The van der Waals surface area contributed by atoms with Gasteiger partial charge in [-0.2, -0.15) is 0 Å². The second kappa shape index (κ2) is 9.28. The third-order valence-electron chi connectivity index (χ3n) is 5.49. The van der Waals surface area contributed by atoms with Crippen molar-refractivity contribution in [1.82, 2.24) is 0 Å². The first kappa shape index (κ1) is 22.3. The van der Waals surface area contributed by atoms with Crippen LogP contribution in [0.3, 0.4) is 0 Å². The molecule has 0 unspecified atom stereocenters. The Morgan fingerprint density at radius 2 is 1.00 bits per heavy atom. The maximum atomic E-state index is 13.3. The van der Waals surface area contributed by atoms with Gasteiger partial charge in [-0.3, -0.25) is 0 Å². The first-order chi connectivity index (χ1) is 16.0. The molecule has 0 aliphatic heterocycles. The molecule has 0 saturated heterocycles. The van der Waals surface area contributed by atoms with E-state index in [0.717, 1.165) is 21.5 Å². The lowest BCUT2D eigenvalue weighted by Crippen LogP contribution is -2.20. The number of hydrogen-bond acceptors (Lipinski definition) is 6. The molecule has 0 fully saturated rings. The maximum absolute atomic E-state index is 13.3. The van der Waals surface area contributed by atoms with Crippen molar-refractivity contribution in [1.29, 1.82) is 0 Å². The van der Waals surface area contributed by atoms with E-state index < -0.39 is 17.9 Å². The van der Waals surface area contributed by atoms with Gasteiger partial charge >= 0.3 is 17.9 Å². The molecule has 0 aromatic heterocycles. The summed E-state index contributed by atoms with van der Waals surface area (Å²) in [5.74, 6) is -2.18. The number of fused-ring (bicyclic) bond motifs is 6. The Morgan fingerprint density at radius 1 is 0.576 bits per heavy atom. The minimum atomic E-state index is -0.775. The Bertz CT molecular complexity index is 1400. The molecule has 168 valence electrons. The molecule has 0 heterocycles. The van der Waals surface area contributed by atoms with E-state index in [1.807, 2.05) is 48.5 Å². The minimum Gasteiger partial charge on any atom is -0.462 e. The summed E-state index contributed by atoms with van der Waals surface area (Å²) < 4.78 is 15.9. The molecule has 6 nitrogen and oxygen atoms in total. The fourth-order valence-electron chi connectivity index (χ4n) is 4.26. The van der Waals surface area contributed by atoms with Crippen LogP contribution in [-0.4, -0.2) is 37.7 Å². The fourth-order valence-corrected chi connectivity index (χ4v) is 4.26. The number of esters is 3. The van der Waals surface area contributed by atoms with Gasteiger partial charge in [0.05, 0.1) is 36.5 Å². The van der Waals surface area contributed by atoms with Crippen molar-refractivity contribution >= 4 is 50.2 Å². The number of hydrogen-bond donors (Lipinski definition) is 0. The van der Waals surface area contributed by atoms with Crippen LogP contribution in [0.4, 0.5) is 0 Å². The smallest absolute Gasteiger partial charge is 0.339 e. The molecule has 0 saturated carbocycles. The van der Waals surface area contributed by atoms with Crippen molar-refractivity contribution in [3.05, 3.63) is 71.3 Å². The van der Waals surface area contributed by atoms with Crippen molar-refractivity contribution in [2.75, 3.05) is 19.8 Å². The van der Waals surface area contributed by atoms with E-state index in [2.05, 4.69) is 0 Å². The van der Waals surface area contributed by atoms with Crippen molar-refractivity contribution in [2.45, 2.75) is 20.8 Å². The predicted molar refractivity (Wildman–Crippen MR) is 127 cm³/mol. The van der Waals surface area contributed by atoms with Gasteiger partial charge in [0.1, 0.15) is 0 Å². The monoisotopic (exact) mass is 444 g/mol. The van der Waals surface area contributed by atoms with Gasteiger partial charge in [-0.05, 0) is 53.8 Å². The van der Waals surface area contributed by atoms with E-state index in [9.17, 15) is 14.4 Å². The average molecular weight is 444 g/mol. The summed E-state index contributed by atoms with van der Waals surface area (Å²) in [6.07, 6.45) is 0. The molecular weight excluding hydrogens is 420 g/mol. The van der Waals surface area contributed by atoms with E-state index in [4.69, 9.17) is 14.2 Å². The Kier molecular flexibility index (Phi) is 6.27. The lowest BCUT2D eigenvalue weighted by atomic mass is 9.87. The highest BCUT2D eigenvalue weighted by Gasteiger charge is 2.31. The Morgan fingerprint density at radius 3 is 1.55 bits per heavy atom. The summed E-state index contributed by atoms with van der Waals surface area (Å²) in [5, 5.41) is 4.70. The molecule has 4 aromatic carbocycles. The minimum absolute atomic E-state index is 0.0119. The highest BCUT2D eigenvalue weighted by atomic mass is 16.5. The van der Waals surface area contributed by atoms with Crippen LogP contribution in [0.25, 0.3) is 32.3 Å². The second-order valence-corrected chi connectivity index (χ2v) is 7.35. The summed E-state index contributed by atoms with van der Waals surface area (Å²) in [6.45, 7) is 5.34. The van der Waals surface area contributed by atoms with Gasteiger partial charge < -0.3 is 14.2 Å². The third-order valence-corrected chi connectivity index (χ3v) is 5.49. The zero-order chi connectivity index (χ0) is 23.5. The summed E-state index contributed by atoms with van der Waals surface area (Å²) >= 11 is 0. The molecule has 6 heteroatoms. The molecule has 33 heavy (non-hydrogen) atoms. The van der Waals surface area contributed by atoms with E-state index in [-0.39, 0.29) is 36.5 Å². The largest absolute Gasteiger partial charge is 0.462 e. The van der Waals surface area contributed by atoms with Crippen LogP contribution >= 0.6 is 0 Å². The van der Waals surface area contributed by atoms with Crippen LogP contribution in [0.5, 0.6) is 0 Å². The lowest BCUT2D eigenvalue weighted by Gasteiger charge is -2.18. The molecule has 0 aliphatic carbocycles. The molecule has 0 radical (unpaired) electrons. The number of carbonyl (C=O) groups is 3. The van der Waals surface area contributed by atoms with E-state index in [1.165, 1.54) is 0 Å². The normalized spacial score (nSPS) is 11.0. The highest BCUT2D eigenvalue weighted by Crippen LogP contribution is 2.39. The van der Waals surface area contributed by atoms with E-state index in [1.54, 1.807) is 26.8 Å². The van der Waals surface area contributed by atoms with Gasteiger partial charge in [-0.1, -0.05) is 48.5 Å². The van der Waals surface area contributed by atoms with Crippen LogP contribution in [0.15, 0.2) is 54.6 Å². The van der Waals surface area contributed by atoms with Crippen LogP contribution < -0.4 is 0 Å². The summed E-state index contributed by atoms with van der Waals surface area (Å²) in [6, 6.07) is 17.0. The topological polar surface area (TPSA) is 78.9 Å². The molecule has 0 amide bonds. The van der Waals surface area contributed by atoms with Gasteiger partial charge in [-0.15, -0.1) is 0 Å². The van der Waals surface area contributed by atoms with Gasteiger partial charge in [0.15, 0.2) is 0 Å². The molecule has 0 spiro atoms. The maximum Gasteiger partial charge on any atom is 0.339 e. The fraction of sp³-hybridized carbons (Fsp3) is 0.222. The zero-order valence-electron chi connectivity index (χ0n) is 18.8. The molecule has 4 aromatic rings. The van der Waals surface area contributed by atoms with Crippen LogP contribution in [-0.2, 0) is 14.2 Å². The third kappa shape index (κ3) is 3.78. The number of carbonyl (C=O) groups excluding carboxylic acids is 3. The molecule has 4 rings (SSSR count). The van der Waals surface area contributed by atoms with Crippen molar-refractivity contribution in [2.24, 2.45) is 0 Å². The van der Waals surface area contributed by atoms with E-state index in [0.29, 0.717) is 10.8 Å². The van der Waals surface area contributed by atoms with Crippen LogP contribution in [0.1, 0.15) is 51.8 Å². The summed E-state index contributed by atoms with van der Waals surface area (Å²) in [5.41, 5.74) is -0.147. The molecule has 0 N–H and O–H groups in total. The second-order valence-electron chi connectivity index (χ2n) is 7.35. The standard InChI is InChI=1S/C27H24O6/c1-4-31-25(28)21-15-20-18-13-8-7-11-16(18)17-12-9-10-14-19(17)22(20)24(27(30)33-6-3)23(21)26(29)32-5-2/h7-15H,4-6H2,1-3H3. The molecule has 0 aliphatic rings. The lowest BCUT2D eigenvalue weighted by molar-refractivity contribution is 0.0460. The first-order valence-electron chi connectivity index (χ1n) is 10.9. The Hall–Kier alpha value is -3.93. The predicted octanol–water partition coefficient (Wildman–Crippen LogP) is 5.68. The number of benzene rings is 4. The van der Waals surface area contributed by atoms with Gasteiger partial charge in [0.25, 0.3) is 0 Å². The van der Waals surface area contributed by atoms with Crippen LogP contribution in [0.2, 0.25) is 0 Å². The van der Waals surface area contributed by atoms with Crippen LogP contribution in [0, 0.1) is 0 Å². The van der Waals surface area contributed by atoms with Gasteiger partial charge in [-0.25, -0.2) is 14.4 Å². The molecule has 0 atom stereocenters. The average Bonchev–Trinajstić information content (AvgIpc) is 2.83. The van der Waals surface area contributed by atoms with E-state index >= 15 is 0 Å². The summed E-state index contributed by atoms with van der Waals surface area (Å²) in [7, 11) is 0. The van der Waals surface area contributed by atoms with Crippen molar-refractivity contribution in [3.63, 3.8) is 0 Å². The molecule has 0 bridgehead atoms. The quantitative estimate of drug-likeness (QED) is 0.216. The van der Waals surface area contributed by atoms with Gasteiger partial charge in [0, 0.05) is 5.39 Å². The SMILES string of the molecule is CCOC(=O)c1cc2c3ccccc3c3ccccc3c2c(C(=O)OCC)c1C(=O)OCC. The van der Waals surface area contributed by atoms with Crippen molar-refractivity contribution in [3.8, 4) is 0 Å². The Balaban J connectivity index is 2.30. The zero-order valence-corrected chi connectivity index (χ0v) is 18.8. The summed E-state index contributed by atoms with van der Waals surface area (Å²) in [4.78, 5) is 39.4. The number of rotatable bonds is 6. The number of ether oxygens (including phenoxy) is 3.